The standard InChI is InChI=1S/C17H13BrClN5O3/c18-13-14(22-15(25)11-6-1-2-7-12(11)19)23-24-16(13)27-17(26)21-9-10-5-3-4-8-20-10/h1-8H,9H2,(H,21,26)(H2,22,23,24,25). The van der Waals surface area contributed by atoms with Crippen LogP contribution in [0.15, 0.2) is 53.1 Å². The lowest BCUT2D eigenvalue weighted by atomic mass is 10.2. The molecule has 2 heterocycles. The van der Waals surface area contributed by atoms with E-state index in [1.54, 1.807) is 42.6 Å². The molecule has 0 fully saturated rings. The van der Waals surface area contributed by atoms with E-state index in [1.807, 2.05) is 6.07 Å². The Labute approximate surface area is 167 Å². The number of nitrogens with zero attached hydrogens (tertiary/aromatic N) is 2. The zero-order valence-electron chi connectivity index (χ0n) is 13.7. The smallest absolute Gasteiger partial charge is 0.388 e. The third-order valence-corrected chi connectivity index (χ3v) is 4.43. The van der Waals surface area contributed by atoms with Gasteiger partial charge in [0.2, 0.25) is 0 Å². The highest BCUT2D eigenvalue weighted by Crippen LogP contribution is 2.30. The SMILES string of the molecule is O=C(NCc1ccccn1)Oc1n[nH]c(NC(=O)c2ccccc2Cl)c1Br. The lowest BCUT2D eigenvalue weighted by Gasteiger charge is -2.06. The fourth-order valence-electron chi connectivity index (χ4n) is 2.08. The van der Waals surface area contributed by atoms with E-state index in [2.05, 4.69) is 41.7 Å². The van der Waals surface area contributed by atoms with Crippen LogP contribution >= 0.6 is 27.5 Å². The van der Waals surface area contributed by atoms with Crippen LogP contribution in [-0.2, 0) is 6.54 Å². The van der Waals surface area contributed by atoms with Gasteiger partial charge in [0.15, 0.2) is 0 Å². The zero-order valence-corrected chi connectivity index (χ0v) is 16.0. The quantitative estimate of drug-likeness (QED) is 0.548. The van der Waals surface area contributed by atoms with Crippen LogP contribution in [-0.4, -0.2) is 27.2 Å². The van der Waals surface area contributed by atoms with Gasteiger partial charge in [-0.3, -0.25) is 14.9 Å². The number of benzene rings is 1. The van der Waals surface area contributed by atoms with Gasteiger partial charge in [0.05, 0.1) is 22.8 Å². The first-order chi connectivity index (χ1) is 13.0. The average molecular weight is 451 g/mol. The molecule has 8 nitrogen and oxygen atoms in total. The van der Waals surface area contributed by atoms with Crippen LogP contribution in [0.3, 0.4) is 0 Å². The minimum atomic E-state index is -0.711. The lowest BCUT2D eigenvalue weighted by Crippen LogP contribution is -2.26. The van der Waals surface area contributed by atoms with Crippen molar-refractivity contribution < 1.29 is 14.3 Å². The summed E-state index contributed by atoms with van der Waals surface area (Å²) in [6.45, 7) is 0.206. The number of hydrogen-bond donors (Lipinski definition) is 3. The Morgan fingerprint density at radius 3 is 2.70 bits per heavy atom. The molecule has 10 heteroatoms. The van der Waals surface area contributed by atoms with Crippen LogP contribution in [0.25, 0.3) is 0 Å². The summed E-state index contributed by atoms with van der Waals surface area (Å²) >= 11 is 9.24. The van der Waals surface area contributed by atoms with Gasteiger partial charge in [0.25, 0.3) is 11.8 Å². The number of amides is 2. The number of anilines is 1. The molecule has 0 radical (unpaired) electrons. The zero-order chi connectivity index (χ0) is 19.2. The predicted molar refractivity (Wildman–Crippen MR) is 103 cm³/mol. The van der Waals surface area contributed by atoms with Gasteiger partial charge in [-0.15, -0.1) is 5.10 Å². The number of aromatic nitrogens is 3. The molecule has 0 saturated heterocycles. The monoisotopic (exact) mass is 449 g/mol. The summed E-state index contributed by atoms with van der Waals surface area (Å²) in [5, 5.41) is 11.9. The molecule has 0 atom stereocenters. The Bertz CT molecular complexity index is 964. The number of nitrogens with one attached hydrogen (secondary N) is 3. The maximum atomic E-state index is 12.3. The predicted octanol–water partition coefficient (Wildman–Crippen LogP) is 3.76. The fraction of sp³-hybridized carbons (Fsp3) is 0.0588. The van der Waals surface area contributed by atoms with E-state index in [4.69, 9.17) is 16.3 Å². The van der Waals surface area contributed by atoms with Crippen molar-refractivity contribution >= 4 is 45.3 Å². The van der Waals surface area contributed by atoms with Crippen molar-refractivity contribution in [3.05, 3.63) is 69.4 Å². The highest BCUT2D eigenvalue weighted by molar-refractivity contribution is 9.10. The molecule has 138 valence electrons. The maximum absolute atomic E-state index is 12.3. The Hall–Kier alpha value is -2.91. The van der Waals surface area contributed by atoms with Gasteiger partial charge in [-0.1, -0.05) is 29.8 Å². The second-order valence-corrected chi connectivity index (χ2v) is 6.42. The molecule has 0 bridgehead atoms. The minimum Gasteiger partial charge on any atom is -0.388 e. The van der Waals surface area contributed by atoms with Crippen LogP contribution in [0.4, 0.5) is 10.6 Å². The topological polar surface area (TPSA) is 109 Å². The average Bonchev–Trinajstić information content (AvgIpc) is 3.01. The van der Waals surface area contributed by atoms with Gasteiger partial charge in [0.1, 0.15) is 10.3 Å². The largest absolute Gasteiger partial charge is 0.414 e. The summed E-state index contributed by atoms with van der Waals surface area (Å²) in [4.78, 5) is 28.3. The number of hydrogen-bond acceptors (Lipinski definition) is 5. The Kier molecular flexibility index (Phi) is 6.05. The maximum Gasteiger partial charge on any atom is 0.414 e. The van der Waals surface area contributed by atoms with Crippen molar-refractivity contribution in [3.8, 4) is 5.88 Å². The molecule has 0 aliphatic rings. The van der Waals surface area contributed by atoms with Crippen LogP contribution in [0, 0.1) is 0 Å². The number of halogens is 2. The van der Waals surface area contributed by atoms with Crippen LogP contribution in [0.1, 0.15) is 16.1 Å². The van der Waals surface area contributed by atoms with Crippen LogP contribution in [0.5, 0.6) is 5.88 Å². The minimum absolute atomic E-state index is 0.0250. The van der Waals surface area contributed by atoms with Crippen LogP contribution in [0.2, 0.25) is 5.02 Å². The van der Waals surface area contributed by atoms with Gasteiger partial charge >= 0.3 is 6.09 Å². The van der Waals surface area contributed by atoms with Gasteiger partial charge in [0, 0.05) is 6.20 Å². The summed E-state index contributed by atoms with van der Waals surface area (Å²) in [6, 6.07) is 12.0. The van der Waals surface area contributed by atoms with Gasteiger partial charge < -0.3 is 15.4 Å². The van der Waals surface area contributed by atoms with Crippen LogP contribution < -0.4 is 15.4 Å². The molecule has 0 saturated carbocycles. The molecule has 3 N–H and O–H groups in total. The number of H-pyrrole nitrogens is 1. The Balaban J connectivity index is 1.60. The van der Waals surface area contributed by atoms with E-state index in [1.165, 1.54) is 0 Å². The van der Waals surface area contributed by atoms with Crippen molar-refractivity contribution in [2.24, 2.45) is 0 Å². The first kappa shape index (κ1) is 18.9. The van der Waals surface area contributed by atoms with E-state index in [0.717, 1.165) is 0 Å². The first-order valence-corrected chi connectivity index (χ1v) is 8.87. The molecule has 2 amide bonds. The molecule has 0 aliphatic carbocycles. The van der Waals surface area contributed by atoms with Crippen molar-refractivity contribution in [2.45, 2.75) is 6.54 Å². The molecular formula is C17H13BrClN5O3. The first-order valence-electron chi connectivity index (χ1n) is 7.70. The van der Waals surface area contributed by atoms with Crippen molar-refractivity contribution in [1.29, 1.82) is 0 Å². The summed E-state index contributed by atoms with van der Waals surface area (Å²) in [5.41, 5.74) is 0.986. The van der Waals surface area contributed by atoms with E-state index in [0.29, 0.717) is 16.3 Å². The Morgan fingerprint density at radius 2 is 1.96 bits per heavy atom. The van der Waals surface area contributed by atoms with Crippen molar-refractivity contribution in [2.75, 3.05) is 5.32 Å². The number of ether oxygens (including phenoxy) is 1. The molecule has 27 heavy (non-hydrogen) atoms. The van der Waals surface area contributed by atoms with Gasteiger partial charge in [-0.25, -0.2) is 4.79 Å². The number of rotatable bonds is 5. The summed E-state index contributed by atoms with van der Waals surface area (Å²) in [6.07, 6.45) is 0.914. The molecule has 0 unspecified atom stereocenters. The number of carbonyl (C=O) groups excluding carboxylic acids is 2. The van der Waals surface area contributed by atoms with E-state index < -0.39 is 12.0 Å². The van der Waals surface area contributed by atoms with Crippen molar-refractivity contribution in [1.82, 2.24) is 20.5 Å². The van der Waals surface area contributed by atoms with E-state index in [-0.39, 0.29) is 22.7 Å². The molecule has 1 aromatic carbocycles. The number of carbonyl (C=O) groups is 2. The number of aromatic amines is 1. The highest BCUT2D eigenvalue weighted by Gasteiger charge is 2.18. The molecular weight excluding hydrogens is 438 g/mol. The summed E-state index contributed by atoms with van der Waals surface area (Å²) in [7, 11) is 0. The molecule has 2 aromatic heterocycles. The normalized spacial score (nSPS) is 10.3. The molecule has 0 spiro atoms. The molecule has 3 rings (SSSR count). The second-order valence-electron chi connectivity index (χ2n) is 5.22. The third kappa shape index (κ3) is 4.83. The molecule has 3 aromatic rings. The molecule has 0 aliphatic heterocycles. The summed E-state index contributed by atoms with van der Waals surface area (Å²) in [5.74, 6) is -0.230. The third-order valence-electron chi connectivity index (χ3n) is 3.36. The highest BCUT2D eigenvalue weighted by atomic mass is 79.9. The summed E-state index contributed by atoms with van der Waals surface area (Å²) < 4.78 is 5.40. The fourth-order valence-corrected chi connectivity index (χ4v) is 2.66. The lowest BCUT2D eigenvalue weighted by molar-refractivity contribution is 0.102. The van der Waals surface area contributed by atoms with Gasteiger partial charge in [-0.05, 0) is 40.2 Å². The van der Waals surface area contributed by atoms with E-state index >= 15 is 0 Å². The second kappa shape index (κ2) is 8.65. The van der Waals surface area contributed by atoms with Crippen molar-refractivity contribution in [3.63, 3.8) is 0 Å². The number of pyridine rings is 1. The van der Waals surface area contributed by atoms with Gasteiger partial charge in [-0.2, -0.15) is 0 Å². The Morgan fingerprint density at radius 1 is 1.19 bits per heavy atom. The van der Waals surface area contributed by atoms with E-state index in [9.17, 15) is 9.59 Å².